The fourth-order valence-electron chi connectivity index (χ4n) is 1.92. The van der Waals surface area contributed by atoms with Gasteiger partial charge in [-0.25, -0.2) is 14.3 Å². The molecule has 0 unspecified atom stereocenters. The number of hydrogen-bond donors (Lipinski definition) is 1. The van der Waals surface area contributed by atoms with Crippen LogP contribution in [0.3, 0.4) is 0 Å². The highest BCUT2D eigenvalue weighted by atomic mass is 16.4. The lowest BCUT2D eigenvalue weighted by molar-refractivity contribution is 0.0690. The maximum atomic E-state index is 11.0. The first kappa shape index (κ1) is 11.3. The van der Waals surface area contributed by atoms with Crippen LogP contribution in [0.2, 0.25) is 0 Å². The zero-order chi connectivity index (χ0) is 13.4. The van der Waals surface area contributed by atoms with Crippen molar-refractivity contribution < 1.29 is 9.90 Å². The molecular weight excluding hydrogens is 244 g/mol. The highest BCUT2D eigenvalue weighted by Gasteiger charge is 2.13. The van der Waals surface area contributed by atoms with Crippen molar-refractivity contribution in [2.45, 2.75) is 6.92 Å². The number of hydrogen-bond acceptors (Lipinski definition) is 4. The summed E-state index contributed by atoms with van der Waals surface area (Å²) in [5, 5.41) is 13.1. The molecule has 0 radical (unpaired) electrons. The molecule has 0 saturated carbocycles. The maximum absolute atomic E-state index is 11.0. The minimum absolute atomic E-state index is 0.0248. The molecule has 6 nitrogen and oxygen atoms in total. The van der Waals surface area contributed by atoms with E-state index in [0.29, 0.717) is 5.65 Å². The third kappa shape index (κ3) is 1.93. The van der Waals surface area contributed by atoms with E-state index in [-0.39, 0.29) is 5.69 Å². The lowest BCUT2D eigenvalue weighted by Crippen LogP contribution is -2.00. The lowest BCUT2D eigenvalue weighted by atomic mass is 10.2. The van der Waals surface area contributed by atoms with Gasteiger partial charge in [0.1, 0.15) is 0 Å². The van der Waals surface area contributed by atoms with Crippen LogP contribution in [-0.2, 0) is 0 Å². The Morgan fingerprint density at radius 3 is 2.89 bits per heavy atom. The normalized spacial score (nSPS) is 10.8. The number of fused-ring (bicyclic) bond motifs is 1. The van der Waals surface area contributed by atoms with Crippen molar-refractivity contribution in [3.63, 3.8) is 0 Å². The number of carbonyl (C=O) groups is 1. The van der Waals surface area contributed by atoms with Crippen molar-refractivity contribution in [1.29, 1.82) is 0 Å². The number of pyridine rings is 1. The van der Waals surface area contributed by atoms with Crippen LogP contribution in [0.25, 0.3) is 16.9 Å². The van der Waals surface area contributed by atoms with Crippen molar-refractivity contribution in [1.82, 2.24) is 19.6 Å². The molecule has 0 fully saturated rings. The highest BCUT2D eigenvalue weighted by molar-refractivity contribution is 5.87. The molecule has 6 heteroatoms. The molecule has 0 spiro atoms. The Bertz CT molecular complexity index is 765. The molecule has 0 aliphatic carbocycles. The van der Waals surface area contributed by atoms with E-state index in [2.05, 4.69) is 15.1 Å². The van der Waals surface area contributed by atoms with Crippen molar-refractivity contribution in [2.24, 2.45) is 0 Å². The van der Waals surface area contributed by atoms with Crippen LogP contribution in [0.4, 0.5) is 0 Å². The van der Waals surface area contributed by atoms with Gasteiger partial charge in [0.2, 0.25) is 0 Å². The van der Waals surface area contributed by atoms with E-state index in [0.717, 1.165) is 17.0 Å². The first-order valence-corrected chi connectivity index (χ1v) is 5.66. The summed E-state index contributed by atoms with van der Waals surface area (Å²) in [6, 6.07) is 7.01. The molecule has 94 valence electrons. The molecule has 0 atom stereocenters. The average Bonchev–Trinajstić information content (AvgIpc) is 2.82. The van der Waals surface area contributed by atoms with E-state index in [9.17, 15) is 4.79 Å². The molecule has 19 heavy (non-hydrogen) atoms. The summed E-state index contributed by atoms with van der Waals surface area (Å²) in [6.45, 7) is 1.85. The van der Waals surface area contributed by atoms with E-state index in [1.54, 1.807) is 12.4 Å². The number of carboxylic acids is 1. The standard InChI is InChI=1S/C13H10N4O2/c1-8-5-11(9-3-2-4-14-7-9)17-12(15-8)6-10(16-17)13(18)19/h2-7H,1H3,(H,18,19). The van der Waals surface area contributed by atoms with Crippen molar-refractivity contribution >= 4 is 11.6 Å². The molecule has 3 aromatic heterocycles. The number of aromatic nitrogens is 4. The van der Waals surface area contributed by atoms with Gasteiger partial charge in [-0.1, -0.05) is 0 Å². The largest absolute Gasteiger partial charge is 0.476 e. The van der Waals surface area contributed by atoms with Crippen LogP contribution in [0.1, 0.15) is 16.2 Å². The molecule has 3 aromatic rings. The highest BCUT2D eigenvalue weighted by Crippen LogP contribution is 2.20. The zero-order valence-corrected chi connectivity index (χ0v) is 10.1. The number of rotatable bonds is 2. The number of nitrogens with zero attached hydrogens (tertiary/aromatic N) is 4. The lowest BCUT2D eigenvalue weighted by Gasteiger charge is -2.05. The fraction of sp³-hybridized carbons (Fsp3) is 0.0769. The van der Waals surface area contributed by atoms with Gasteiger partial charge in [0.05, 0.1) is 5.69 Å². The Morgan fingerprint density at radius 1 is 1.37 bits per heavy atom. The Balaban J connectivity index is 2.32. The summed E-state index contributed by atoms with van der Waals surface area (Å²) >= 11 is 0. The van der Waals surface area contributed by atoms with Crippen LogP contribution in [0.15, 0.2) is 36.7 Å². The van der Waals surface area contributed by atoms with Crippen LogP contribution >= 0.6 is 0 Å². The summed E-state index contributed by atoms with van der Waals surface area (Å²) in [5.74, 6) is -1.07. The third-order valence-corrected chi connectivity index (χ3v) is 2.73. The van der Waals surface area contributed by atoms with E-state index in [4.69, 9.17) is 5.11 Å². The first-order valence-electron chi connectivity index (χ1n) is 5.66. The fourth-order valence-corrected chi connectivity index (χ4v) is 1.92. The number of aryl methyl sites for hydroxylation is 1. The molecular formula is C13H10N4O2. The molecule has 0 saturated heterocycles. The number of carboxylic acid groups (broad SMARTS) is 1. The van der Waals surface area contributed by atoms with Crippen molar-refractivity contribution in [2.75, 3.05) is 0 Å². The SMILES string of the molecule is Cc1cc(-c2cccnc2)n2nc(C(=O)O)cc2n1. The van der Waals surface area contributed by atoms with Gasteiger partial charge >= 0.3 is 5.97 Å². The second kappa shape index (κ2) is 4.16. The summed E-state index contributed by atoms with van der Waals surface area (Å²) in [5.41, 5.74) is 2.91. The Morgan fingerprint density at radius 2 is 2.21 bits per heavy atom. The minimum atomic E-state index is -1.07. The minimum Gasteiger partial charge on any atom is -0.476 e. The molecule has 1 N–H and O–H groups in total. The van der Waals surface area contributed by atoms with E-state index >= 15 is 0 Å². The average molecular weight is 254 g/mol. The molecule has 0 aliphatic rings. The molecule has 0 aliphatic heterocycles. The topological polar surface area (TPSA) is 80.4 Å². The van der Waals surface area contributed by atoms with E-state index in [1.807, 2.05) is 25.1 Å². The van der Waals surface area contributed by atoms with E-state index < -0.39 is 5.97 Å². The quantitative estimate of drug-likeness (QED) is 0.754. The summed E-state index contributed by atoms with van der Waals surface area (Å²) < 4.78 is 1.52. The first-order chi connectivity index (χ1) is 9.15. The van der Waals surface area contributed by atoms with Crippen LogP contribution in [-0.4, -0.2) is 30.7 Å². The Kier molecular flexibility index (Phi) is 2.49. The van der Waals surface area contributed by atoms with Crippen molar-refractivity contribution in [3.8, 4) is 11.3 Å². The molecule has 0 aromatic carbocycles. The second-order valence-electron chi connectivity index (χ2n) is 4.13. The van der Waals surface area contributed by atoms with Crippen LogP contribution < -0.4 is 0 Å². The van der Waals surface area contributed by atoms with E-state index in [1.165, 1.54) is 10.6 Å². The summed E-state index contributed by atoms with van der Waals surface area (Å²) in [6.07, 6.45) is 3.39. The maximum Gasteiger partial charge on any atom is 0.356 e. The van der Waals surface area contributed by atoms with Gasteiger partial charge in [-0.3, -0.25) is 4.98 Å². The van der Waals surface area contributed by atoms with Crippen LogP contribution in [0, 0.1) is 6.92 Å². The summed E-state index contributed by atoms with van der Waals surface area (Å²) in [7, 11) is 0. The van der Waals surface area contributed by atoms with Gasteiger partial charge in [0, 0.05) is 29.7 Å². The predicted molar refractivity (Wildman–Crippen MR) is 67.9 cm³/mol. The molecule has 3 heterocycles. The van der Waals surface area contributed by atoms with Gasteiger partial charge in [-0.05, 0) is 25.1 Å². The van der Waals surface area contributed by atoms with Gasteiger partial charge in [-0.15, -0.1) is 0 Å². The van der Waals surface area contributed by atoms with Gasteiger partial charge < -0.3 is 5.11 Å². The smallest absolute Gasteiger partial charge is 0.356 e. The zero-order valence-electron chi connectivity index (χ0n) is 10.1. The van der Waals surface area contributed by atoms with Gasteiger partial charge in [-0.2, -0.15) is 5.10 Å². The Labute approximate surface area is 108 Å². The third-order valence-electron chi connectivity index (χ3n) is 2.73. The molecule has 0 bridgehead atoms. The van der Waals surface area contributed by atoms with Crippen LogP contribution in [0.5, 0.6) is 0 Å². The Hall–Kier alpha value is -2.76. The second-order valence-corrected chi connectivity index (χ2v) is 4.13. The molecule has 3 rings (SSSR count). The predicted octanol–water partition coefficient (Wildman–Crippen LogP) is 1.80. The number of aromatic carboxylic acids is 1. The monoisotopic (exact) mass is 254 g/mol. The van der Waals surface area contributed by atoms with Crippen molar-refractivity contribution in [3.05, 3.63) is 48.0 Å². The summed E-state index contributed by atoms with van der Waals surface area (Å²) in [4.78, 5) is 19.3. The van der Waals surface area contributed by atoms with Gasteiger partial charge in [0.25, 0.3) is 0 Å². The van der Waals surface area contributed by atoms with Gasteiger partial charge in [0.15, 0.2) is 11.3 Å². The molecule has 0 amide bonds.